The molecule has 6 nitrogen and oxygen atoms in total. The van der Waals surface area contributed by atoms with Crippen molar-refractivity contribution < 1.29 is 14.3 Å². The second-order valence-corrected chi connectivity index (χ2v) is 7.29. The number of aliphatic imine (C=N–C) groups is 1. The van der Waals surface area contributed by atoms with Crippen molar-refractivity contribution in [1.82, 2.24) is 0 Å². The number of benzene rings is 2. The van der Waals surface area contributed by atoms with Gasteiger partial charge in [-0.25, -0.2) is 9.79 Å². The van der Waals surface area contributed by atoms with Gasteiger partial charge in [0.2, 0.25) is 0 Å². The van der Waals surface area contributed by atoms with E-state index in [1.807, 2.05) is 26.8 Å². The van der Waals surface area contributed by atoms with Crippen LogP contribution in [0.25, 0.3) is 0 Å². The lowest BCUT2D eigenvalue weighted by atomic mass is 10.1. The summed E-state index contributed by atoms with van der Waals surface area (Å²) < 4.78 is 10.5. The highest BCUT2D eigenvalue weighted by molar-refractivity contribution is 6.32. The van der Waals surface area contributed by atoms with Gasteiger partial charge in [-0.05, 0) is 56.7 Å². The first kappa shape index (κ1) is 20.6. The summed E-state index contributed by atoms with van der Waals surface area (Å²) >= 11 is 6.09. The van der Waals surface area contributed by atoms with Crippen LogP contribution >= 0.6 is 11.6 Å². The normalized spacial score (nSPS) is 11.8. The number of carbonyl (C=O) groups is 1. The first-order valence-electron chi connectivity index (χ1n) is 8.41. The lowest BCUT2D eigenvalue weighted by Crippen LogP contribution is -2.24. The molecule has 0 aromatic heterocycles. The highest BCUT2D eigenvalue weighted by Gasteiger charge is 2.17. The number of anilines is 1. The van der Waals surface area contributed by atoms with Gasteiger partial charge in [-0.15, -0.1) is 0 Å². The Morgan fingerprint density at radius 1 is 1.22 bits per heavy atom. The van der Waals surface area contributed by atoms with Crippen LogP contribution in [0.3, 0.4) is 0 Å². The van der Waals surface area contributed by atoms with Gasteiger partial charge in [0, 0.05) is 5.69 Å². The Labute approximate surface area is 164 Å². The summed E-state index contributed by atoms with van der Waals surface area (Å²) in [6.07, 6.45) is 0. The topological polar surface area (TPSA) is 85.9 Å². The number of nitrogens with two attached hydrogens (primary N) is 1. The van der Waals surface area contributed by atoms with Crippen LogP contribution in [0.5, 0.6) is 5.75 Å². The molecule has 0 spiro atoms. The third-order valence-electron chi connectivity index (χ3n) is 3.42. The highest BCUT2D eigenvalue weighted by atomic mass is 35.5. The fraction of sp³-hybridized carbons (Fsp3) is 0.300. The number of nitrogens with zero attached hydrogens (tertiary/aromatic N) is 1. The molecule has 0 saturated heterocycles. The first-order valence-corrected chi connectivity index (χ1v) is 8.78. The zero-order chi connectivity index (χ0) is 20.0. The Kier molecular flexibility index (Phi) is 6.69. The van der Waals surface area contributed by atoms with Crippen molar-refractivity contribution in [2.45, 2.75) is 32.9 Å². The van der Waals surface area contributed by atoms with Crippen molar-refractivity contribution in [1.29, 1.82) is 0 Å². The lowest BCUT2D eigenvalue weighted by molar-refractivity contribution is 0.00694. The number of halogens is 1. The Morgan fingerprint density at radius 2 is 1.96 bits per heavy atom. The van der Waals surface area contributed by atoms with E-state index in [0.717, 1.165) is 5.56 Å². The minimum absolute atomic E-state index is 0.235. The molecule has 3 N–H and O–H groups in total. The number of esters is 1. The van der Waals surface area contributed by atoms with E-state index in [2.05, 4.69) is 10.3 Å². The summed E-state index contributed by atoms with van der Waals surface area (Å²) in [6.45, 7) is 5.81. The fourth-order valence-electron chi connectivity index (χ4n) is 2.24. The predicted molar refractivity (Wildman–Crippen MR) is 109 cm³/mol. The summed E-state index contributed by atoms with van der Waals surface area (Å²) in [4.78, 5) is 16.5. The molecule has 2 rings (SSSR count). The number of rotatable bonds is 5. The maximum Gasteiger partial charge on any atom is 0.338 e. The first-order chi connectivity index (χ1) is 12.7. The molecule has 2 aromatic carbocycles. The molecule has 0 amide bonds. The van der Waals surface area contributed by atoms with Crippen molar-refractivity contribution in [3.8, 4) is 5.75 Å². The third kappa shape index (κ3) is 6.49. The van der Waals surface area contributed by atoms with E-state index < -0.39 is 5.60 Å². The zero-order valence-electron chi connectivity index (χ0n) is 15.9. The molecule has 7 heteroatoms. The summed E-state index contributed by atoms with van der Waals surface area (Å²) in [6, 6.07) is 12.3. The van der Waals surface area contributed by atoms with E-state index in [4.69, 9.17) is 26.8 Å². The van der Waals surface area contributed by atoms with Gasteiger partial charge in [-0.3, -0.25) is 0 Å². The molecular formula is C20H24ClN3O3. The molecular weight excluding hydrogens is 366 g/mol. The molecule has 0 unspecified atom stereocenters. The SMILES string of the molecule is COc1ccc(NC(N)=NCc2cccc(C(=O)OC(C)(C)C)c2)cc1Cl. The molecule has 0 radical (unpaired) electrons. The molecule has 144 valence electrons. The standard InChI is InChI=1S/C20H24ClN3O3/c1-20(2,3)27-18(25)14-7-5-6-13(10-14)12-23-19(22)24-15-8-9-17(26-4)16(21)11-15/h5-11H,12H2,1-4H3,(H3,22,23,24). The van der Waals surface area contributed by atoms with Gasteiger partial charge in [0.15, 0.2) is 5.96 Å². The lowest BCUT2D eigenvalue weighted by Gasteiger charge is -2.19. The quantitative estimate of drug-likeness (QED) is 0.454. The van der Waals surface area contributed by atoms with Crippen LogP contribution in [-0.2, 0) is 11.3 Å². The number of methoxy groups -OCH3 is 1. The predicted octanol–water partition coefficient (Wildman–Crippen LogP) is 4.23. The van der Waals surface area contributed by atoms with Crippen LogP contribution in [-0.4, -0.2) is 24.6 Å². The monoisotopic (exact) mass is 389 g/mol. The number of nitrogens with one attached hydrogen (secondary N) is 1. The minimum Gasteiger partial charge on any atom is -0.495 e. The molecule has 0 aliphatic carbocycles. The average Bonchev–Trinajstić information content (AvgIpc) is 2.59. The number of guanidine groups is 1. The summed E-state index contributed by atoms with van der Waals surface area (Å²) in [5, 5.41) is 3.44. The van der Waals surface area contributed by atoms with Gasteiger partial charge in [0.05, 0.1) is 24.2 Å². The van der Waals surface area contributed by atoms with Gasteiger partial charge < -0.3 is 20.5 Å². The maximum absolute atomic E-state index is 12.2. The van der Waals surface area contributed by atoms with Crippen molar-refractivity contribution in [2.24, 2.45) is 10.7 Å². The van der Waals surface area contributed by atoms with Crippen molar-refractivity contribution in [2.75, 3.05) is 12.4 Å². The summed E-state index contributed by atoms with van der Waals surface area (Å²) in [5.41, 5.74) is 7.41. The van der Waals surface area contributed by atoms with Crippen LogP contribution in [0.1, 0.15) is 36.7 Å². The molecule has 0 aliphatic heterocycles. The fourth-order valence-corrected chi connectivity index (χ4v) is 2.50. The Balaban J connectivity index is 2.03. The molecule has 0 bridgehead atoms. The zero-order valence-corrected chi connectivity index (χ0v) is 16.6. The molecule has 0 aliphatic rings. The van der Waals surface area contributed by atoms with Crippen LogP contribution in [0.15, 0.2) is 47.5 Å². The van der Waals surface area contributed by atoms with Crippen molar-refractivity contribution in [3.05, 3.63) is 58.6 Å². The van der Waals surface area contributed by atoms with Crippen LogP contribution in [0.2, 0.25) is 5.02 Å². The minimum atomic E-state index is -0.542. The van der Waals surface area contributed by atoms with Crippen LogP contribution in [0.4, 0.5) is 5.69 Å². The second-order valence-electron chi connectivity index (χ2n) is 6.88. The highest BCUT2D eigenvalue weighted by Crippen LogP contribution is 2.27. The van der Waals surface area contributed by atoms with E-state index >= 15 is 0 Å². The molecule has 2 aromatic rings. The smallest absolute Gasteiger partial charge is 0.338 e. The maximum atomic E-state index is 12.2. The Bertz CT molecular complexity index is 845. The van der Waals surface area contributed by atoms with E-state index in [1.54, 1.807) is 43.5 Å². The van der Waals surface area contributed by atoms with Gasteiger partial charge in [-0.1, -0.05) is 23.7 Å². The molecule has 0 saturated carbocycles. The number of ether oxygens (including phenoxy) is 2. The average molecular weight is 390 g/mol. The van der Waals surface area contributed by atoms with Gasteiger partial charge >= 0.3 is 5.97 Å². The molecule has 0 fully saturated rings. The van der Waals surface area contributed by atoms with Crippen LogP contribution < -0.4 is 15.8 Å². The third-order valence-corrected chi connectivity index (χ3v) is 3.71. The summed E-state index contributed by atoms with van der Waals surface area (Å²) in [5.74, 6) is 0.447. The number of hydrogen-bond donors (Lipinski definition) is 2. The van der Waals surface area contributed by atoms with Crippen molar-refractivity contribution >= 4 is 29.2 Å². The summed E-state index contributed by atoms with van der Waals surface area (Å²) in [7, 11) is 1.55. The van der Waals surface area contributed by atoms with E-state index in [1.165, 1.54) is 0 Å². The molecule has 0 atom stereocenters. The van der Waals surface area contributed by atoms with Crippen LogP contribution in [0, 0.1) is 0 Å². The second kappa shape index (κ2) is 8.77. The van der Waals surface area contributed by atoms with E-state index in [-0.39, 0.29) is 11.9 Å². The Hall–Kier alpha value is -2.73. The van der Waals surface area contributed by atoms with E-state index in [9.17, 15) is 4.79 Å². The molecule has 0 heterocycles. The molecule has 27 heavy (non-hydrogen) atoms. The van der Waals surface area contributed by atoms with Gasteiger partial charge in [-0.2, -0.15) is 0 Å². The van der Waals surface area contributed by atoms with E-state index in [0.29, 0.717) is 28.6 Å². The largest absolute Gasteiger partial charge is 0.495 e. The van der Waals surface area contributed by atoms with Gasteiger partial charge in [0.1, 0.15) is 11.4 Å². The Morgan fingerprint density at radius 3 is 2.59 bits per heavy atom. The number of hydrogen-bond acceptors (Lipinski definition) is 4. The number of carbonyl (C=O) groups excluding carboxylic acids is 1. The van der Waals surface area contributed by atoms with Gasteiger partial charge in [0.25, 0.3) is 0 Å². The van der Waals surface area contributed by atoms with Crippen molar-refractivity contribution in [3.63, 3.8) is 0 Å².